The van der Waals surface area contributed by atoms with Gasteiger partial charge >= 0.3 is 5.97 Å². The van der Waals surface area contributed by atoms with Crippen LogP contribution in [0.3, 0.4) is 0 Å². The van der Waals surface area contributed by atoms with Crippen molar-refractivity contribution in [1.82, 2.24) is 4.90 Å². The fraction of sp³-hybridized carbons (Fsp3) is 0.261. The molecule has 0 radical (unpaired) electrons. The molecule has 26 heavy (non-hydrogen) atoms. The summed E-state index contributed by atoms with van der Waals surface area (Å²) in [6.45, 7) is 0. The fourth-order valence-electron chi connectivity index (χ4n) is 3.98. The summed E-state index contributed by atoms with van der Waals surface area (Å²) in [6, 6.07) is 22.1. The summed E-state index contributed by atoms with van der Waals surface area (Å²) in [5.41, 5.74) is 3.04. The molecule has 132 valence electrons. The Labute approximate surface area is 154 Å². The van der Waals surface area contributed by atoms with Gasteiger partial charge in [0.1, 0.15) is 6.10 Å². The van der Waals surface area contributed by atoms with Crippen molar-refractivity contribution in [3.8, 4) is 0 Å². The van der Waals surface area contributed by atoms with Gasteiger partial charge in [0.2, 0.25) is 0 Å². The van der Waals surface area contributed by atoms with Gasteiger partial charge in [0, 0.05) is 0 Å². The number of esters is 1. The van der Waals surface area contributed by atoms with Crippen molar-refractivity contribution < 1.29 is 9.53 Å². The molecule has 0 saturated carbocycles. The zero-order valence-electron chi connectivity index (χ0n) is 15.2. The van der Waals surface area contributed by atoms with Crippen LogP contribution in [0.15, 0.2) is 66.7 Å². The zero-order valence-corrected chi connectivity index (χ0v) is 15.2. The highest BCUT2D eigenvalue weighted by Crippen LogP contribution is 2.38. The summed E-state index contributed by atoms with van der Waals surface area (Å²) >= 11 is 0. The molecule has 0 heterocycles. The van der Waals surface area contributed by atoms with Crippen molar-refractivity contribution in [1.29, 1.82) is 0 Å². The molecule has 0 bridgehead atoms. The van der Waals surface area contributed by atoms with E-state index in [1.807, 2.05) is 18.2 Å². The average Bonchev–Trinajstić information content (AvgIpc) is 2.68. The van der Waals surface area contributed by atoms with Crippen molar-refractivity contribution >= 4 is 16.7 Å². The summed E-state index contributed by atoms with van der Waals surface area (Å²) in [5, 5.41) is 2.51. The molecule has 0 unspecified atom stereocenters. The molecule has 3 aromatic rings. The summed E-state index contributed by atoms with van der Waals surface area (Å²) in [6.07, 6.45) is 1.71. The summed E-state index contributed by atoms with van der Waals surface area (Å²) in [5.74, 6) is -0.261. The topological polar surface area (TPSA) is 29.5 Å². The molecule has 0 saturated heterocycles. The molecule has 0 N–H and O–H groups in total. The third-order valence-electron chi connectivity index (χ3n) is 5.33. The fourth-order valence-corrected chi connectivity index (χ4v) is 3.98. The molecule has 0 spiro atoms. The van der Waals surface area contributed by atoms with Crippen LogP contribution in [0.2, 0.25) is 0 Å². The van der Waals surface area contributed by atoms with E-state index in [0.29, 0.717) is 5.56 Å². The van der Waals surface area contributed by atoms with Crippen molar-refractivity contribution in [2.45, 2.75) is 25.0 Å². The van der Waals surface area contributed by atoms with Crippen LogP contribution >= 0.6 is 0 Å². The van der Waals surface area contributed by atoms with Gasteiger partial charge in [0.25, 0.3) is 0 Å². The van der Waals surface area contributed by atoms with E-state index in [0.717, 1.165) is 18.4 Å². The molecule has 0 aromatic heterocycles. The molecule has 1 aliphatic carbocycles. The lowest BCUT2D eigenvalue weighted by molar-refractivity contribution is 0.000742. The minimum absolute atomic E-state index is 0.177. The molecular weight excluding hydrogens is 322 g/mol. The van der Waals surface area contributed by atoms with Gasteiger partial charge in [-0.05, 0) is 61.0 Å². The van der Waals surface area contributed by atoms with E-state index in [9.17, 15) is 4.79 Å². The Bertz CT molecular complexity index is 933. The number of ether oxygens (including phenoxy) is 1. The van der Waals surface area contributed by atoms with Gasteiger partial charge in [-0.25, -0.2) is 4.79 Å². The molecule has 3 heteroatoms. The number of benzene rings is 3. The highest BCUT2D eigenvalue weighted by molar-refractivity contribution is 5.90. The van der Waals surface area contributed by atoms with E-state index in [4.69, 9.17) is 4.74 Å². The molecule has 0 aliphatic heterocycles. The standard InChI is InChI=1S/C23H23NO2/c1-24(2)21-15-14-19-18-11-7-6-8-16(18)12-13-20(19)22(21)26-23(25)17-9-4-3-5-10-17/h3-13,21-22H,14-15H2,1-2H3/t21-,22-/m0/s1. The molecule has 0 fully saturated rings. The van der Waals surface area contributed by atoms with E-state index in [1.54, 1.807) is 12.1 Å². The third kappa shape index (κ3) is 2.99. The van der Waals surface area contributed by atoms with Gasteiger partial charge in [0.15, 0.2) is 0 Å². The maximum Gasteiger partial charge on any atom is 0.338 e. The number of nitrogens with zero attached hydrogens (tertiary/aromatic N) is 1. The number of rotatable bonds is 3. The maximum atomic E-state index is 12.7. The van der Waals surface area contributed by atoms with E-state index in [-0.39, 0.29) is 18.1 Å². The number of hydrogen-bond acceptors (Lipinski definition) is 3. The van der Waals surface area contributed by atoms with Gasteiger partial charge in [-0.2, -0.15) is 0 Å². The predicted molar refractivity (Wildman–Crippen MR) is 104 cm³/mol. The van der Waals surface area contributed by atoms with E-state index in [2.05, 4.69) is 55.4 Å². The number of carbonyl (C=O) groups excluding carboxylic acids is 1. The lowest BCUT2D eigenvalue weighted by Crippen LogP contribution is -2.39. The number of hydrogen-bond donors (Lipinski definition) is 0. The highest BCUT2D eigenvalue weighted by atomic mass is 16.5. The largest absolute Gasteiger partial charge is 0.452 e. The normalized spacial score (nSPS) is 19.3. The molecule has 3 aromatic carbocycles. The molecular formula is C23H23NO2. The smallest absolute Gasteiger partial charge is 0.338 e. The van der Waals surface area contributed by atoms with Gasteiger partial charge < -0.3 is 9.64 Å². The SMILES string of the molecule is CN(C)[C@H]1CCc2c(ccc3ccccc23)[C@@H]1OC(=O)c1ccccc1. The number of likely N-dealkylation sites (N-methyl/N-ethyl adjacent to an activating group) is 1. The first-order valence-electron chi connectivity index (χ1n) is 9.08. The number of carbonyl (C=O) groups is 1. The Morgan fingerprint density at radius 1 is 0.962 bits per heavy atom. The monoisotopic (exact) mass is 345 g/mol. The maximum absolute atomic E-state index is 12.7. The van der Waals surface area contributed by atoms with Crippen molar-refractivity contribution in [3.05, 3.63) is 83.4 Å². The Kier molecular flexibility index (Phi) is 4.48. The van der Waals surface area contributed by atoms with E-state index >= 15 is 0 Å². The van der Waals surface area contributed by atoms with Crippen molar-refractivity contribution in [2.24, 2.45) is 0 Å². The molecule has 2 atom stereocenters. The molecule has 4 rings (SSSR count). The summed E-state index contributed by atoms with van der Waals surface area (Å²) in [4.78, 5) is 14.9. The van der Waals surface area contributed by atoms with Crippen LogP contribution in [0.1, 0.15) is 34.0 Å². The first-order chi connectivity index (χ1) is 12.6. The van der Waals surface area contributed by atoms with Crippen molar-refractivity contribution in [3.63, 3.8) is 0 Å². The van der Waals surface area contributed by atoms with Crippen LogP contribution in [0.5, 0.6) is 0 Å². The molecule has 3 nitrogen and oxygen atoms in total. The van der Waals surface area contributed by atoms with Crippen LogP contribution < -0.4 is 0 Å². The van der Waals surface area contributed by atoms with Crippen LogP contribution in [0.4, 0.5) is 0 Å². The minimum Gasteiger partial charge on any atom is -0.452 e. The predicted octanol–water partition coefficient (Wildman–Crippen LogP) is 4.61. The lowest BCUT2D eigenvalue weighted by Gasteiger charge is -2.37. The average molecular weight is 345 g/mol. The summed E-state index contributed by atoms with van der Waals surface area (Å²) < 4.78 is 6.05. The van der Waals surface area contributed by atoms with Crippen LogP contribution in [-0.4, -0.2) is 31.0 Å². The van der Waals surface area contributed by atoms with E-state index < -0.39 is 0 Å². The molecule has 0 amide bonds. The van der Waals surface area contributed by atoms with Gasteiger partial charge in [-0.15, -0.1) is 0 Å². The third-order valence-corrected chi connectivity index (χ3v) is 5.33. The van der Waals surface area contributed by atoms with Gasteiger partial charge in [-0.1, -0.05) is 54.6 Å². The van der Waals surface area contributed by atoms with Crippen LogP contribution in [0, 0.1) is 0 Å². The first kappa shape index (κ1) is 16.8. The van der Waals surface area contributed by atoms with Crippen molar-refractivity contribution in [2.75, 3.05) is 14.1 Å². The van der Waals surface area contributed by atoms with Crippen LogP contribution in [-0.2, 0) is 11.2 Å². The second-order valence-electron chi connectivity index (χ2n) is 7.12. The first-order valence-corrected chi connectivity index (χ1v) is 9.08. The van der Waals surface area contributed by atoms with Gasteiger partial charge in [0.05, 0.1) is 11.6 Å². The second kappa shape index (κ2) is 6.93. The van der Waals surface area contributed by atoms with Gasteiger partial charge in [-0.3, -0.25) is 0 Å². The minimum atomic E-state index is -0.261. The Hall–Kier alpha value is -2.65. The Morgan fingerprint density at radius 3 is 2.46 bits per heavy atom. The Morgan fingerprint density at radius 2 is 1.69 bits per heavy atom. The zero-order chi connectivity index (χ0) is 18.1. The van der Waals surface area contributed by atoms with Crippen LogP contribution in [0.25, 0.3) is 10.8 Å². The second-order valence-corrected chi connectivity index (χ2v) is 7.12. The number of aryl methyl sites for hydroxylation is 1. The lowest BCUT2D eigenvalue weighted by atomic mass is 9.82. The quantitative estimate of drug-likeness (QED) is 0.649. The molecule has 1 aliphatic rings. The van der Waals surface area contributed by atoms with E-state index in [1.165, 1.54) is 16.3 Å². The Balaban J connectivity index is 1.75. The summed E-state index contributed by atoms with van der Waals surface area (Å²) in [7, 11) is 4.11. The highest BCUT2D eigenvalue weighted by Gasteiger charge is 2.34. The number of fused-ring (bicyclic) bond motifs is 3.